The molecule has 0 atom stereocenters. The first-order valence-electron chi connectivity index (χ1n) is 9.58. The van der Waals surface area contributed by atoms with Gasteiger partial charge in [0, 0.05) is 22.6 Å². The van der Waals surface area contributed by atoms with E-state index in [2.05, 4.69) is 14.8 Å². The number of hydrogen-bond donors (Lipinski definition) is 3. The largest absolute Gasteiger partial charge is 0.322 e. The molecule has 0 bridgehead atoms. The molecule has 2 aromatic carbocycles. The van der Waals surface area contributed by atoms with Crippen molar-refractivity contribution in [2.45, 2.75) is 51.0 Å². The van der Waals surface area contributed by atoms with Crippen molar-refractivity contribution in [2.24, 2.45) is 0 Å². The molecule has 2 aromatic rings. The standard InChI is InChI=1S/C21H29N3O5S2/c1-20(2,3)30(26,27)23-17-9-7-15(8-10-17)19(25)22-16-11-13-18(14-12-16)24-31(28,29)21(4,5)6/h7-14,23-24H,1-6H3,(H,22,25). The van der Waals surface area contributed by atoms with Crippen LogP contribution in [0.4, 0.5) is 17.1 Å². The summed E-state index contributed by atoms with van der Waals surface area (Å²) in [7, 11) is -7.10. The Morgan fingerprint density at radius 2 is 0.935 bits per heavy atom. The highest BCUT2D eigenvalue weighted by Gasteiger charge is 2.29. The molecule has 0 heterocycles. The molecule has 0 aliphatic carbocycles. The maximum absolute atomic E-state index is 12.5. The quantitative estimate of drug-likeness (QED) is 0.592. The third-order valence-corrected chi connectivity index (χ3v) is 8.64. The third-order valence-electron chi connectivity index (χ3n) is 4.41. The van der Waals surface area contributed by atoms with Gasteiger partial charge in [-0.05, 0) is 90.1 Å². The Morgan fingerprint density at radius 3 is 1.29 bits per heavy atom. The molecule has 0 fully saturated rings. The molecule has 10 heteroatoms. The van der Waals surface area contributed by atoms with Crippen molar-refractivity contribution in [3.05, 3.63) is 54.1 Å². The topological polar surface area (TPSA) is 121 Å². The summed E-state index contributed by atoms with van der Waals surface area (Å²) in [5.41, 5.74) is 1.59. The Labute approximate surface area is 184 Å². The van der Waals surface area contributed by atoms with Gasteiger partial charge in [-0.1, -0.05) is 0 Å². The summed E-state index contributed by atoms with van der Waals surface area (Å²) in [6.07, 6.45) is 0. The number of nitrogens with one attached hydrogen (secondary N) is 3. The normalized spacial score (nSPS) is 12.8. The summed E-state index contributed by atoms with van der Waals surface area (Å²) >= 11 is 0. The molecule has 3 N–H and O–H groups in total. The summed E-state index contributed by atoms with van der Waals surface area (Å²) in [6.45, 7) is 9.58. The molecule has 2 rings (SSSR count). The van der Waals surface area contributed by atoms with Crippen LogP contribution < -0.4 is 14.8 Å². The SMILES string of the molecule is CC(C)(C)S(=O)(=O)Nc1ccc(NC(=O)c2ccc(NS(=O)(=O)C(C)(C)C)cc2)cc1. The second kappa shape index (κ2) is 8.51. The molecule has 0 saturated heterocycles. The average Bonchev–Trinajstić information content (AvgIpc) is 2.61. The lowest BCUT2D eigenvalue weighted by Crippen LogP contribution is -2.33. The zero-order valence-corrected chi connectivity index (χ0v) is 20.1. The molecule has 8 nitrogen and oxygen atoms in total. The van der Waals surface area contributed by atoms with E-state index in [1.165, 1.54) is 24.3 Å². The van der Waals surface area contributed by atoms with Crippen LogP contribution in [0.2, 0.25) is 0 Å². The number of hydrogen-bond acceptors (Lipinski definition) is 5. The Morgan fingerprint density at radius 1 is 0.613 bits per heavy atom. The Kier molecular flexibility index (Phi) is 6.77. The van der Waals surface area contributed by atoms with Crippen LogP contribution in [0, 0.1) is 0 Å². The van der Waals surface area contributed by atoms with E-state index in [1.807, 2.05) is 0 Å². The van der Waals surface area contributed by atoms with Crippen LogP contribution in [-0.2, 0) is 20.0 Å². The van der Waals surface area contributed by atoms with Gasteiger partial charge in [0.2, 0.25) is 20.0 Å². The Balaban J connectivity index is 2.06. The number of anilines is 3. The zero-order chi connectivity index (χ0) is 23.7. The van der Waals surface area contributed by atoms with Crippen LogP contribution in [0.1, 0.15) is 51.9 Å². The van der Waals surface area contributed by atoms with Crippen LogP contribution in [0.25, 0.3) is 0 Å². The fourth-order valence-corrected chi connectivity index (χ4v) is 3.64. The van der Waals surface area contributed by atoms with Crippen LogP contribution in [0.3, 0.4) is 0 Å². The van der Waals surface area contributed by atoms with Gasteiger partial charge < -0.3 is 5.32 Å². The van der Waals surface area contributed by atoms with Crippen molar-refractivity contribution in [3.8, 4) is 0 Å². The fraction of sp³-hybridized carbons (Fsp3) is 0.381. The van der Waals surface area contributed by atoms with Gasteiger partial charge >= 0.3 is 0 Å². The molecular formula is C21H29N3O5S2. The second-order valence-electron chi connectivity index (χ2n) is 9.04. The van der Waals surface area contributed by atoms with Crippen LogP contribution in [0.5, 0.6) is 0 Å². The highest BCUT2D eigenvalue weighted by Crippen LogP contribution is 2.22. The van der Waals surface area contributed by atoms with Gasteiger partial charge in [0.1, 0.15) is 0 Å². The molecule has 0 spiro atoms. The van der Waals surface area contributed by atoms with E-state index in [9.17, 15) is 21.6 Å². The molecule has 0 aliphatic heterocycles. The molecule has 0 radical (unpaired) electrons. The first-order chi connectivity index (χ1) is 14.0. The van der Waals surface area contributed by atoms with Crippen LogP contribution in [-0.4, -0.2) is 32.2 Å². The Hall–Kier alpha value is -2.59. The van der Waals surface area contributed by atoms with Gasteiger partial charge in [-0.25, -0.2) is 16.8 Å². The minimum Gasteiger partial charge on any atom is -0.322 e. The monoisotopic (exact) mass is 467 g/mol. The van der Waals surface area contributed by atoms with Crippen molar-refractivity contribution in [1.82, 2.24) is 0 Å². The van der Waals surface area contributed by atoms with Crippen LogP contribution in [0.15, 0.2) is 48.5 Å². The number of benzene rings is 2. The first kappa shape index (κ1) is 24.7. The van der Waals surface area contributed by atoms with E-state index in [1.54, 1.807) is 65.8 Å². The van der Waals surface area contributed by atoms with Crippen molar-refractivity contribution >= 4 is 43.0 Å². The number of sulfonamides is 2. The zero-order valence-electron chi connectivity index (χ0n) is 18.5. The number of amides is 1. The van der Waals surface area contributed by atoms with E-state index in [0.717, 1.165) is 0 Å². The van der Waals surface area contributed by atoms with Crippen molar-refractivity contribution in [2.75, 3.05) is 14.8 Å². The average molecular weight is 468 g/mol. The van der Waals surface area contributed by atoms with E-state index < -0.39 is 29.5 Å². The second-order valence-corrected chi connectivity index (χ2v) is 13.9. The van der Waals surface area contributed by atoms with Gasteiger partial charge in [-0.15, -0.1) is 0 Å². The first-order valence-corrected chi connectivity index (χ1v) is 12.5. The lowest BCUT2D eigenvalue weighted by Gasteiger charge is -2.20. The number of rotatable bonds is 6. The summed E-state index contributed by atoms with van der Waals surface area (Å²) in [4.78, 5) is 12.5. The molecule has 0 unspecified atom stereocenters. The summed E-state index contributed by atoms with van der Waals surface area (Å²) in [5.74, 6) is -0.381. The lowest BCUT2D eigenvalue weighted by atomic mass is 10.2. The predicted octanol–water partition coefficient (Wildman–Crippen LogP) is 4.02. The van der Waals surface area contributed by atoms with Gasteiger partial charge in [-0.2, -0.15) is 0 Å². The van der Waals surface area contributed by atoms with E-state index in [0.29, 0.717) is 22.6 Å². The number of carbonyl (C=O) groups is 1. The molecule has 0 aliphatic rings. The third kappa shape index (κ3) is 6.20. The predicted molar refractivity (Wildman–Crippen MR) is 125 cm³/mol. The summed E-state index contributed by atoms with van der Waals surface area (Å²) in [5, 5.41) is 2.72. The highest BCUT2D eigenvalue weighted by atomic mass is 32.2. The van der Waals surface area contributed by atoms with Gasteiger partial charge in [-0.3, -0.25) is 14.2 Å². The molecule has 1 amide bonds. The molecule has 31 heavy (non-hydrogen) atoms. The number of carbonyl (C=O) groups excluding carboxylic acids is 1. The summed E-state index contributed by atoms with van der Waals surface area (Å²) in [6, 6.07) is 12.4. The highest BCUT2D eigenvalue weighted by molar-refractivity contribution is 7.94. The summed E-state index contributed by atoms with van der Waals surface area (Å²) < 4.78 is 52.0. The maximum atomic E-state index is 12.5. The van der Waals surface area contributed by atoms with Crippen LogP contribution >= 0.6 is 0 Å². The fourth-order valence-electron chi connectivity index (χ4n) is 2.13. The minimum absolute atomic E-state index is 0.344. The van der Waals surface area contributed by atoms with E-state index in [4.69, 9.17) is 0 Å². The molecule has 0 aromatic heterocycles. The maximum Gasteiger partial charge on any atom is 0.255 e. The molecule has 0 saturated carbocycles. The smallest absolute Gasteiger partial charge is 0.255 e. The van der Waals surface area contributed by atoms with Gasteiger partial charge in [0.25, 0.3) is 5.91 Å². The van der Waals surface area contributed by atoms with Crippen molar-refractivity contribution < 1.29 is 21.6 Å². The minimum atomic E-state index is -3.56. The van der Waals surface area contributed by atoms with Crippen molar-refractivity contribution in [3.63, 3.8) is 0 Å². The van der Waals surface area contributed by atoms with E-state index in [-0.39, 0.29) is 5.91 Å². The molecule has 170 valence electrons. The molecular weight excluding hydrogens is 438 g/mol. The lowest BCUT2D eigenvalue weighted by molar-refractivity contribution is 0.102. The van der Waals surface area contributed by atoms with Crippen molar-refractivity contribution in [1.29, 1.82) is 0 Å². The Bertz CT molecular complexity index is 1140. The van der Waals surface area contributed by atoms with Gasteiger partial charge in [0.15, 0.2) is 0 Å². The van der Waals surface area contributed by atoms with E-state index >= 15 is 0 Å². The van der Waals surface area contributed by atoms with Gasteiger partial charge in [0.05, 0.1) is 9.49 Å².